The van der Waals surface area contributed by atoms with E-state index in [-0.39, 0.29) is 5.91 Å². The largest absolute Gasteiger partial charge is 0.493 e. The summed E-state index contributed by atoms with van der Waals surface area (Å²) in [7, 11) is 5.20. The van der Waals surface area contributed by atoms with Gasteiger partial charge in [-0.2, -0.15) is 0 Å². The molecule has 1 aliphatic rings. The number of nitrogens with zero attached hydrogens (tertiary/aromatic N) is 2. The minimum absolute atomic E-state index is 0.222. The molecule has 1 aromatic rings. The Morgan fingerprint density at radius 1 is 1.21 bits per heavy atom. The number of aryl methyl sites for hydroxylation is 1. The summed E-state index contributed by atoms with van der Waals surface area (Å²) >= 11 is 0. The van der Waals surface area contributed by atoms with Crippen LogP contribution in [-0.2, 0) is 11.2 Å². The molecular formula is C19H30N2O3. The molecule has 1 heterocycles. The van der Waals surface area contributed by atoms with E-state index < -0.39 is 0 Å². The number of carbonyl (C=O) groups excluding carboxylic acids is 1. The first-order valence-corrected chi connectivity index (χ1v) is 8.78. The number of amides is 1. The fraction of sp³-hybridized carbons (Fsp3) is 0.632. The van der Waals surface area contributed by atoms with Crippen molar-refractivity contribution in [2.24, 2.45) is 0 Å². The number of methoxy groups -OCH3 is 2. The highest BCUT2D eigenvalue weighted by atomic mass is 16.5. The lowest BCUT2D eigenvalue weighted by Gasteiger charge is -2.36. The highest BCUT2D eigenvalue weighted by molar-refractivity contribution is 5.76. The van der Waals surface area contributed by atoms with Gasteiger partial charge in [0.05, 0.1) is 14.2 Å². The summed E-state index contributed by atoms with van der Waals surface area (Å²) in [6.07, 6.45) is 3.40. The third kappa shape index (κ3) is 4.63. The molecule has 5 nitrogen and oxygen atoms in total. The topological polar surface area (TPSA) is 42.0 Å². The molecule has 2 rings (SSSR count). The highest BCUT2D eigenvalue weighted by Gasteiger charge is 2.24. The molecule has 0 unspecified atom stereocenters. The third-order valence-electron chi connectivity index (χ3n) is 5.02. The van der Waals surface area contributed by atoms with Gasteiger partial charge in [0, 0.05) is 32.6 Å². The van der Waals surface area contributed by atoms with Crippen LogP contribution < -0.4 is 9.47 Å². The van der Waals surface area contributed by atoms with E-state index in [2.05, 4.69) is 11.8 Å². The Labute approximate surface area is 145 Å². The van der Waals surface area contributed by atoms with Crippen molar-refractivity contribution in [1.82, 2.24) is 9.80 Å². The standard InChI is InChI=1S/C19H30N2O3/c1-5-21-12-10-16(11-13-21)20(2)19(22)9-7-15-6-8-17(23-3)18(14-15)24-4/h6,8,14,16H,5,7,9-13H2,1-4H3. The monoisotopic (exact) mass is 334 g/mol. The summed E-state index contributed by atoms with van der Waals surface area (Å²) < 4.78 is 10.6. The van der Waals surface area contributed by atoms with Crippen molar-refractivity contribution in [3.63, 3.8) is 0 Å². The molecule has 1 aromatic carbocycles. The second kappa shape index (κ2) is 8.92. The van der Waals surface area contributed by atoms with Crippen LogP contribution in [0.1, 0.15) is 31.7 Å². The summed E-state index contributed by atoms with van der Waals surface area (Å²) in [5.41, 5.74) is 1.09. The van der Waals surface area contributed by atoms with E-state index in [0.717, 1.165) is 44.5 Å². The molecule has 1 aliphatic heterocycles. The first kappa shape index (κ1) is 18.6. The number of ether oxygens (including phenoxy) is 2. The average Bonchev–Trinajstić information content (AvgIpc) is 2.65. The maximum Gasteiger partial charge on any atom is 0.222 e. The minimum Gasteiger partial charge on any atom is -0.493 e. The molecule has 5 heteroatoms. The zero-order valence-electron chi connectivity index (χ0n) is 15.4. The molecular weight excluding hydrogens is 304 g/mol. The molecule has 134 valence electrons. The molecule has 1 saturated heterocycles. The summed E-state index contributed by atoms with van der Waals surface area (Å²) in [6.45, 7) is 5.48. The molecule has 0 radical (unpaired) electrons. The molecule has 0 aromatic heterocycles. The van der Waals surface area contributed by atoms with Crippen molar-refractivity contribution >= 4 is 5.91 Å². The van der Waals surface area contributed by atoms with Crippen LogP contribution in [0.2, 0.25) is 0 Å². The smallest absolute Gasteiger partial charge is 0.222 e. The molecule has 1 amide bonds. The van der Waals surface area contributed by atoms with Crippen LogP contribution in [0.5, 0.6) is 11.5 Å². The molecule has 0 atom stereocenters. The number of hydrogen-bond acceptors (Lipinski definition) is 4. The second-order valence-electron chi connectivity index (χ2n) is 6.36. The summed E-state index contributed by atoms with van der Waals surface area (Å²) in [4.78, 5) is 16.9. The maximum absolute atomic E-state index is 12.5. The predicted octanol–water partition coefficient (Wildman–Crippen LogP) is 2.58. The fourth-order valence-corrected chi connectivity index (χ4v) is 3.29. The second-order valence-corrected chi connectivity index (χ2v) is 6.36. The Morgan fingerprint density at radius 2 is 1.88 bits per heavy atom. The molecule has 1 fully saturated rings. The van der Waals surface area contributed by atoms with Crippen LogP contribution in [0, 0.1) is 0 Å². The van der Waals surface area contributed by atoms with Crippen LogP contribution in [0.3, 0.4) is 0 Å². The van der Waals surface area contributed by atoms with Crippen molar-refractivity contribution in [3.05, 3.63) is 23.8 Å². The van der Waals surface area contributed by atoms with Gasteiger partial charge in [-0.3, -0.25) is 4.79 Å². The van der Waals surface area contributed by atoms with Crippen molar-refractivity contribution in [2.45, 2.75) is 38.6 Å². The lowest BCUT2D eigenvalue weighted by atomic mass is 10.0. The predicted molar refractivity (Wildman–Crippen MR) is 95.8 cm³/mol. The third-order valence-corrected chi connectivity index (χ3v) is 5.02. The van der Waals surface area contributed by atoms with Crippen LogP contribution >= 0.6 is 0 Å². The summed E-state index contributed by atoms with van der Waals surface area (Å²) in [5, 5.41) is 0. The zero-order chi connectivity index (χ0) is 17.5. The van der Waals surface area contributed by atoms with Gasteiger partial charge in [-0.05, 0) is 43.5 Å². The lowest BCUT2D eigenvalue weighted by molar-refractivity contribution is -0.132. The Hall–Kier alpha value is -1.75. The SMILES string of the molecule is CCN1CCC(N(C)C(=O)CCc2ccc(OC)c(OC)c2)CC1. The van der Waals surface area contributed by atoms with E-state index in [0.29, 0.717) is 24.0 Å². The number of carbonyl (C=O) groups is 1. The van der Waals surface area contributed by atoms with E-state index >= 15 is 0 Å². The van der Waals surface area contributed by atoms with Crippen molar-refractivity contribution in [1.29, 1.82) is 0 Å². The normalized spacial score (nSPS) is 16.0. The van der Waals surface area contributed by atoms with Crippen LogP contribution in [-0.4, -0.2) is 62.7 Å². The summed E-state index contributed by atoms with van der Waals surface area (Å²) in [5.74, 6) is 1.65. The number of piperidine rings is 1. The first-order chi connectivity index (χ1) is 11.6. The Morgan fingerprint density at radius 3 is 2.46 bits per heavy atom. The van der Waals surface area contributed by atoms with E-state index in [1.54, 1.807) is 14.2 Å². The molecule has 0 bridgehead atoms. The molecule has 0 aliphatic carbocycles. The molecule has 0 spiro atoms. The van der Waals surface area contributed by atoms with E-state index in [4.69, 9.17) is 9.47 Å². The number of likely N-dealkylation sites (tertiary alicyclic amines) is 1. The summed E-state index contributed by atoms with van der Waals surface area (Å²) in [6, 6.07) is 6.22. The number of rotatable bonds is 7. The molecule has 0 saturated carbocycles. The van der Waals surface area contributed by atoms with E-state index in [1.807, 2.05) is 30.1 Å². The van der Waals surface area contributed by atoms with Gasteiger partial charge in [0.25, 0.3) is 0 Å². The van der Waals surface area contributed by atoms with Crippen LogP contribution in [0.25, 0.3) is 0 Å². The Balaban J connectivity index is 1.86. The molecule has 0 N–H and O–H groups in total. The first-order valence-electron chi connectivity index (χ1n) is 8.78. The van der Waals surface area contributed by atoms with E-state index in [9.17, 15) is 4.79 Å². The van der Waals surface area contributed by atoms with Crippen LogP contribution in [0.15, 0.2) is 18.2 Å². The van der Waals surface area contributed by atoms with Gasteiger partial charge in [-0.25, -0.2) is 0 Å². The van der Waals surface area contributed by atoms with E-state index in [1.165, 1.54) is 0 Å². The number of benzene rings is 1. The van der Waals surface area contributed by atoms with Gasteiger partial charge in [0.1, 0.15) is 0 Å². The number of hydrogen-bond donors (Lipinski definition) is 0. The maximum atomic E-state index is 12.5. The van der Waals surface area contributed by atoms with Gasteiger partial charge < -0.3 is 19.3 Å². The van der Waals surface area contributed by atoms with Gasteiger partial charge in [-0.15, -0.1) is 0 Å². The van der Waals surface area contributed by atoms with Gasteiger partial charge in [-0.1, -0.05) is 13.0 Å². The average molecular weight is 334 g/mol. The highest BCUT2D eigenvalue weighted by Crippen LogP contribution is 2.28. The fourth-order valence-electron chi connectivity index (χ4n) is 3.29. The minimum atomic E-state index is 0.222. The van der Waals surface area contributed by atoms with Crippen LogP contribution in [0.4, 0.5) is 0 Å². The van der Waals surface area contributed by atoms with Crippen molar-refractivity contribution in [2.75, 3.05) is 40.9 Å². The quantitative estimate of drug-likeness (QED) is 0.769. The molecule has 24 heavy (non-hydrogen) atoms. The lowest BCUT2D eigenvalue weighted by Crippen LogP contribution is -2.45. The zero-order valence-corrected chi connectivity index (χ0v) is 15.4. The van der Waals surface area contributed by atoms with Crippen molar-refractivity contribution < 1.29 is 14.3 Å². The van der Waals surface area contributed by atoms with Gasteiger partial charge in [0.15, 0.2) is 11.5 Å². The van der Waals surface area contributed by atoms with Gasteiger partial charge >= 0.3 is 0 Å². The van der Waals surface area contributed by atoms with Crippen molar-refractivity contribution in [3.8, 4) is 11.5 Å². The Bertz CT molecular complexity index is 539. The van der Waals surface area contributed by atoms with Gasteiger partial charge in [0.2, 0.25) is 5.91 Å². The Kier molecular flexibility index (Phi) is 6.91.